The van der Waals surface area contributed by atoms with Crippen molar-refractivity contribution in [1.82, 2.24) is 10.2 Å². The Morgan fingerprint density at radius 2 is 2.04 bits per heavy atom. The van der Waals surface area contributed by atoms with Gasteiger partial charge in [0.25, 0.3) is 5.91 Å². The van der Waals surface area contributed by atoms with E-state index in [9.17, 15) is 29.0 Å². The van der Waals surface area contributed by atoms with E-state index in [0.717, 1.165) is 14.0 Å². The Morgan fingerprint density at radius 3 is 2.61 bits per heavy atom. The molecule has 0 aromatic heterocycles. The van der Waals surface area contributed by atoms with Gasteiger partial charge in [0.05, 0.1) is 0 Å². The molecule has 2 rings (SSSR count). The van der Waals surface area contributed by atoms with E-state index in [2.05, 4.69) is 4.74 Å². The maximum absolute atomic E-state index is 13.9. The van der Waals surface area contributed by atoms with Gasteiger partial charge in [0.1, 0.15) is 24.9 Å². The molecule has 0 aromatic carbocycles. The summed E-state index contributed by atoms with van der Waals surface area (Å²) in [6.45, 7) is 0.780. The number of imide groups is 1. The zero-order valence-corrected chi connectivity index (χ0v) is 12.3. The van der Waals surface area contributed by atoms with Crippen molar-refractivity contribution in [2.45, 2.75) is 43.9 Å². The molecule has 0 radical (unpaired) electrons. The number of methoxy groups -OCH3 is 1. The largest absolute Gasteiger partial charge is 0.463 e. The molecule has 2 saturated heterocycles. The van der Waals surface area contributed by atoms with E-state index in [-0.39, 0.29) is 6.61 Å². The second-order valence-electron chi connectivity index (χ2n) is 5.08. The summed E-state index contributed by atoms with van der Waals surface area (Å²) in [5, 5.41) is 21.7. The summed E-state index contributed by atoms with van der Waals surface area (Å²) in [5.41, 5.74) is 0. The second-order valence-corrected chi connectivity index (χ2v) is 5.08. The third-order valence-electron chi connectivity index (χ3n) is 3.54. The van der Waals surface area contributed by atoms with Gasteiger partial charge >= 0.3 is 12.0 Å². The van der Waals surface area contributed by atoms with Gasteiger partial charge in [0.2, 0.25) is 6.17 Å². The van der Waals surface area contributed by atoms with Crippen LogP contribution in [0.1, 0.15) is 6.92 Å². The lowest BCUT2D eigenvalue weighted by molar-refractivity contribution is -0.176. The number of amides is 3. The maximum Gasteiger partial charge on any atom is 0.328 e. The van der Waals surface area contributed by atoms with Crippen molar-refractivity contribution < 1.29 is 43.2 Å². The van der Waals surface area contributed by atoms with Crippen LogP contribution in [0.3, 0.4) is 0 Å². The van der Waals surface area contributed by atoms with Crippen molar-refractivity contribution in [3.8, 4) is 0 Å². The zero-order chi connectivity index (χ0) is 17.3. The van der Waals surface area contributed by atoms with Gasteiger partial charge < -0.3 is 24.4 Å². The summed E-state index contributed by atoms with van der Waals surface area (Å²) in [6.07, 6.45) is -9.53. The minimum Gasteiger partial charge on any atom is -0.463 e. The van der Waals surface area contributed by atoms with Crippen LogP contribution in [0, 0.1) is 0 Å². The van der Waals surface area contributed by atoms with Gasteiger partial charge in [-0.15, -0.1) is 0 Å². The number of carbonyl (C=O) groups excluding carboxylic acids is 3. The summed E-state index contributed by atoms with van der Waals surface area (Å²) in [7, 11) is 1.07. The molecule has 3 amide bonds. The van der Waals surface area contributed by atoms with E-state index in [1.807, 2.05) is 0 Å². The molecule has 2 aliphatic heterocycles. The van der Waals surface area contributed by atoms with Crippen molar-refractivity contribution in [1.29, 1.82) is 0 Å². The highest BCUT2D eigenvalue weighted by Crippen LogP contribution is 2.29. The van der Waals surface area contributed by atoms with Crippen LogP contribution in [-0.4, -0.2) is 83.7 Å². The van der Waals surface area contributed by atoms with Crippen LogP contribution in [0.15, 0.2) is 0 Å². The van der Waals surface area contributed by atoms with Crippen LogP contribution in [-0.2, 0) is 23.8 Å². The first-order chi connectivity index (χ1) is 10.8. The number of ether oxygens (including phenoxy) is 3. The monoisotopic (exact) mass is 336 g/mol. The van der Waals surface area contributed by atoms with Crippen LogP contribution in [0.5, 0.6) is 0 Å². The number of nitrogens with one attached hydrogen (secondary N) is 1. The number of rotatable bonds is 4. The van der Waals surface area contributed by atoms with Gasteiger partial charge in [-0.2, -0.15) is 0 Å². The second kappa shape index (κ2) is 6.74. The molecule has 0 spiro atoms. The third-order valence-corrected chi connectivity index (χ3v) is 3.54. The lowest BCUT2D eigenvalue weighted by Crippen LogP contribution is -2.66. The Kier molecular flexibility index (Phi) is 5.14. The highest BCUT2D eigenvalue weighted by atomic mass is 19.1. The number of hydrogen-bond donors (Lipinski definition) is 3. The molecule has 11 heteroatoms. The van der Waals surface area contributed by atoms with Crippen molar-refractivity contribution in [3.05, 3.63) is 0 Å². The zero-order valence-electron chi connectivity index (χ0n) is 12.3. The van der Waals surface area contributed by atoms with Gasteiger partial charge in [-0.05, 0) is 0 Å². The first-order valence-corrected chi connectivity index (χ1v) is 6.73. The number of halogens is 1. The van der Waals surface area contributed by atoms with Gasteiger partial charge in [0.15, 0.2) is 12.5 Å². The summed E-state index contributed by atoms with van der Waals surface area (Å²) >= 11 is 0. The van der Waals surface area contributed by atoms with E-state index in [1.54, 1.807) is 5.32 Å². The Labute approximate surface area is 130 Å². The number of aliphatic hydroxyl groups is 2. The SMILES string of the molecule is COC1C(F)C(=O)NC(=O)N1[C@H]1O[C@@H](COC(C)=O)C(O)C1O. The topological polar surface area (TPSA) is 135 Å². The standard InChI is InChI=1S/C12H17FN2O8/c1-4(16)22-3-5-7(17)8(18)11(23-5)15-10(21-2)6(13)9(19)14-12(15)20/h5-8,10-11,17-18H,3H2,1-2H3,(H,14,19,20)/t5-,6?,7?,8?,10?,11-/m0/s1. The molecular formula is C12H17FN2O8. The quantitative estimate of drug-likeness (QED) is 0.495. The molecule has 3 N–H and O–H groups in total. The summed E-state index contributed by atoms with van der Waals surface area (Å²) in [5.74, 6) is -1.80. The summed E-state index contributed by atoms with van der Waals surface area (Å²) < 4.78 is 28.7. The Bertz CT molecular complexity index is 503. The first kappa shape index (κ1) is 17.5. The number of esters is 1. The first-order valence-electron chi connectivity index (χ1n) is 6.73. The van der Waals surface area contributed by atoms with Crippen molar-refractivity contribution in [2.24, 2.45) is 0 Å². The molecule has 0 bridgehead atoms. The fraction of sp³-hybridized carbons (Fsp3) is 0.750. The highest BCUT2D eigenvalue weighted by Gasteiger charge is 2.53. The fourth-order valence-electron chi connectivity index (χ4n) is 2.41. The molecule has 4 unspecified atom stereocenters. The number of nitrogens with zero attached hydrogens (tertiary/aromatic N) is 1. The lowest BCUT2D eigenvalue weighted by atomic mass is 10.1. The molecule has 2 aliphatic rings. The minimum atomic E-state index is -2.20. The molecule has 2 heterocycles. The van der Waals surface area contributed by atoms with Crippen LogP contribution < -0.4 is 5.32 Å². The van der Waals surface area contributed by atoms with E-state index in [4.69, 9.17) is 9.47 Å². The number of alkyl halides is 1. The molecule has 23 heavy (non-hydrogen) atoms. The van der Waals surface area contributed by atoms with E-state index >= 15 is 0 Å². The molecule has 0 aliphatic carbocycles. The van der Waals surface area contributed by atoms with Crippen molar-refractivity contribution in [2.75, 3.05) is 13.7 Å². The van der Waals surface area contributed by atoms with Crippen LogP contribution in [0.2, 0.25) is 0 Å². The Morgan fingerprint density at radius 1 is 1.39 bits per heavy atom. The Balaban J connectivity index is 2.17. The maximum atomic E-state index is 13.9. The van der Waals surface area contributed by atoms with Crippen LogP contribution in [0.25, 0.3) is 0 Å². The molecule has 0 aromatic rings. The normalized spacial score (nSPS) is 37.7. The molecular weight excluding hydrogens is 319 g/mol. The average molecular weight is 336 g/mol. The number of urea groups is 1. The number of aliphatic hydroxyl groups excluding tert-OH is 2. The molecule has 10 nitrogen and oxygen atoms in total. The van der Waals surface area contributed by atoms with Crippen molar-refractivity contribution >= 4 is 17.9 Å². The molecule has 6 atom stereocenters. The molecule has 130 valence electrons. The smallest absolute Gasteiger partial charge is 0.328 e. The molecule has 2 fully saturated rings. The summed E-state index contributed by atoms with van der Waals surface area (Å²) in [6, 6.07) is -1.04. The fourth-order valence-corrected chi connectivity index (χ4v) is 2.41. The van der Waals surface area contributed by atoms with Crippen LogP contribution in [0.4, 0.5) is 9.18 Å². The van der Waals surface area contributed by atoms with Crippen LogP contribution >= 0.6 is 0 Å². The van der Waals surface area contributed by atoms with Gasteiger partial charge in [-0.25, -0.2) is 9.18 Å². The number of carbonyl (C=O) groups is 3. The van der Waals surface area contributed by atoms with Gasteiger partial charge in [0, 0.05) is 14.0 Å². The summed E-state index contributed by atoms with van der Waals surface area (Å²) in [4.78, 5) is 34.7. The minimum absolute atomic E-state index is 0.366. The van der Waals surface area contributed by atoms with Crippen molar-refractivity contribution in [3.63, 3.8) is 0 Å². The van der Waals surface area contributed by atoms with Gasteiger partial charge in [-0.3, -0.25) is 19.8 Å². The van der Waals surface area contributed by atoms with E-state index in [0.29, 0.717) is 4.90 Å². The lowest BCUT2D eigenvalue weighted by Gasteiger charge is -2.39. The predicted octanol–water partition coefficient (Wildman–Crippen LogP) is -2.14. The predicted molar refractivity (Wildman–Crippen MR) is 68.4 cm³/mol. The number of hydrogen-bond acceptors (Lipinski definition) is 8. The molecule has 0 saturated carbocycles. The Hall–Kier alpha value is -1.82. The third kappa shape index (κ3) is 3.27. The van der Waals surface area contributed by atoms with Gasteiger partial charge in [-0.1, -0.05) is 0 Å². The van der Waals surface area contributed by atoms with E-state index < -0.39 is 54.8 Å². The van der Waals surface area contributed by atoms with E-state index in [1.165, 1.54) is 0 Å². The highest BCUT2D eigenvalue weighted by molar-refractivity contribution is 5.99. The average Bonchev–Trinajstić information content (AvgIpc) is 2.76.